The van der Waals surface area contributed by atoms with E-state index in [0.717, 1.165) is 44.3 Å². The molecular weight excluding hydrogens is 260 g/mol. The number of nitrogens with one attached hydrogen (secondary N) is 2. The van der Waals surface area contributed by atoms with Crippen molar-refractivity contribution in [2.24, 2.45) is 23.2 Å². The van der Waals surface area contributed by atoms with Crippen LogP contribution in [0.5, 0.6) is 0 Å². The first kappa shape index (κ1) is 15.3. The maximum atomic E-state index is 12.5. The molecule has 1 saturated heterocycles. The van der Waals surface area contributed by atoms with Crippen LogP contribution >= 0.6 is 0 Å². The van der Waals surface area contributed by atoms with Gasteiger partial charge in [-0.15, -0.1) is 0 Å². The van der Waals surface area contributed by atoms with E-state index in [4.69, 9.17) is 0 Å². The molecule has 3 fully saturated rings. The minimum atomic E-state index is 0.301. The SMILES string of the molecule is CC1(CNC(=O)C2CCC3CCCCC3C2)CCNCC1. The van der Waals surface area contributed by atoms with Gasteiger partial charge in [0.05, 0.1) is 0 Å². The normalized spacial score (nSPS) is 35.8. The molecule has 2 N–H and O–H groups in total. The number of carbonyl (C=O) groups excluding carboxylic acids is 1. The predicted octanol–water partition coefficient (Wildman–Crippen LogP) is 3.10. The van der Waals surface area contributed by atoms with E-state index in [1.807, 2.05) is 0 Å². The molecule has 0 aromatic heterocycles. The third kappa shape index (κ3) is 3.80. The van der Waals surface area contributed by atoms with Crippen LogP contribution in [0.3, 0.4) is 0 Å². The molecule has 120 valence electrons. The summed E-state index contributed by atoms with van der Waals surface area (Å²) < 4.78 is 0. The lowest BCUT2D eigenvalue weighted by atomic mass is 9.67. The molecule has 0 aromatic carbocycles. The fourth-order valence-corrected chi connectivity index (χ4v) is 4.76. The van der Waals surface area contributed by atoms with Crippen molar-refractivity contribution in [3.63, 3.8) is 0 Å². The van der Waals surface area contributed by atoms with Crippen molar-refractivity contribution in [2.75, 3.05) is 19.6 Å². The molecule has 3 rings (SSSR count). The lowest BCUT2D eigenvalue weighted by molar-refractivity contribution is -0.127. The van der Waals surface area contributed by atoms with Crippen LogP contribution in [0.15, 0.2) is 0 Å². The van der Waals surface area contributed by atoms with E-state index in [1.54, 1.807) is 0 Å². The van der Waals surface area contributed by atoms with Crippen molar-refractivity contribution in [1.29, 1.82) is 0 Å². The molecule has 21 heavy (non-hydrogen) atoms. The Morgan fingerprint density at radius 2 is 1.81 bits per heavy atom. The van der Waals surface area contributed by atoms with Gasteiger partial charge in [0.15, 0.2) is 0 Å². The van der Waals surface area contributed by atoms with Gasteiger partial charge in [0.2, 0.25) is 5.91 Å². The highest BCUT2D eigenvalue weighted by atomic mass is 16.1. The van der Waals surface area contributed by atoms with Gasteiger partial charge >= 0.3 is 0 Å². The summed E-state index contributed by atoms with van der Waals surface area (Å²) in [6.45, 7) is 5.39. The van der Waals surface area contributed by atoms with E-state index in [2.05, 4.69) is 17.6 Å². The van der Waals surface area contributed by atoms with E-state index >= 15 is 0 Å². The minimum Gasteiger partial charge on any atom is -0.355 e. The highest BCUT2D eigenvalue weighted by molar-refractivity contribution is 5.78. The average molecular weight is 292 g/mol. The van der Waals surface area contributed by atoms with Gasteiger partial charge in [0, 0.05) is 12.5 Å². The van der Waals surface area contributed by atoms with E-state index in [1.165, 1.54) is 44.9 Å². The Morgan fingerprint density at radius 3 is 2.57 bits per heavy atom. The van der Waals surface area contributed by atoms with Crippen LogP contribution in [0.1, 0.15) is 64.7 Å². The molecule has 3 heteroatoms. The smallest absolute Gasteiger partial charge is 0.223 e. The third-order valence-corrected chi connectivity index (χ3v) is 6.41. The number of hydrogen-bond donors (Lipinski definition) is 2. The van der Waals surface area contributed by atoms with Crippen molar-refractivity contribution in [3.05, 3.63) is 0 Å². The first-order chi connectivity index (χ1) is 10.2. The number of rotatable bonds is 3. The Kier molecular flexibility index (Phi) is 4.88. The summed E-state index contributed by atoms with van der Waals surface area (Å²) in [5.74, 6) is 2.43. The third-order valence-electron chi connectivity index (χ3n) is 6.41. The van der Waals surface area contributed by atoms with Crippen molar-refractivity contribution in [2.45, 2.75) is 64.7 Å². The topological polar surface area (TPSA) is 41.1 Å². The summed E-state index contributed by atoms with van der Waals surface area (Å²) >= 11 is 0. The molecule has 3 aliphatic rings. The van der Waals surface area contributed by atoms with Gasteiger partial charge < -0.3 is 10.6 Å². The zero-order valence-corrected chi connectivity index (χ0v) is 13.6. The number of hydrogen-bond acceptors (Lipinski definition) is 2. The predicted molar refractivity (Wildman–Crippen MR) is 86.0 cm³/mol. The Labute approximate surface area is 129 Å². The second kappa shape index (κ2) is 6.68. The Hall–Kier alpha value is -0.570. The lowest BCUT2D eigenvalue weighted by Crippen LogP contribution is -2.45. The van der Waals surface area contributed by atoms with Crippen LogP contribution in [0, 0.1) is 23.2 Å². The molecule has 3 nitrogen and oxygen atoms in total. The first-order valence-electron chi connectivity index (χ1n) is 9.15. The highest BCUT2D eigenvalue weighted by Gasteiger charge is 2.35. The quantitative estimate of drug-likeness (QED) is 0.839. The molecule has 1 heterocycles. The minimum absolute atomic E-state index is 0.301. The van der Waals surface area contributed by atoms with Gasteiger partial charge in [0.1, 0.15) is 0 Å². The Morgan fingerprint density at radius 1 is 1.10 bits per heavy atom. The van der Waals surface area contributed by atoms with Crippen molar-refractivity contribution in [1.82, 2.24) is 10.6 Å². The summed E-state index contributed by atoms with van der Waals surface area (Å²) in [5, 5.41) is 6.70. The molecule has 1 aliphatic heterocycles. The Balaban J connectivity index is 1.47. The molecule has 2 aliphatic carbocycles. The number of amides is 1. The number of piperidine rings is 1. The molecule has 3 unspecified atom stereocenters. The van der Waals surface area contributed by atoms with Crippen LogP contribution in [0.4, 0.5) is 0 Å². The van der Waals surface area contributed by atoms with Crippen molar-refractivity contribution in [3.8, 4) is 0 Å². The molecule has 0 radical (unpaired) electrons. The number of fused-ring (bicyclic) bond motifs is 1. The van der Waals surface area contributed by atoms with E-state index < -0.39 is 0 Å². The Bertz CT molecular complexity index is 362. The van der Waals surface area contributed by atoms with Gasteiger partial charge in [-0.25, -0.2) is 0 Å². The van der Waals surface area contributed by atoms with Crippen LogP contribution in [0.25, 0.3) is 0 Å². The molecule has 0 aromatic rings. The fraction of sp³-hybridized carbons (Fsp3) is 0.944. The molecule has 1 amide bonds. The van der Waals surface area contributed by atoms with Crippen LogP contribution in [-0.4, -0.2) is 25.5 Å². The van der Waals surface area contributed by atoms with Gasteiger partial charge in [-0.05, 0) is 62.4 Å². The van der Waals surface area contributed by atoms with Gasteiger partial charge in [0.25, 0.3) is 0 Å². The van der Waals surface area contributed by atoms with E-state index in [9.17, 15) is 4.79 Å². The second-order valence-corrected chi connectivity index (χ2v) is 8.09. The van der Waals surface area contributed by atoms with Crippen LogP contribution in [-0.2, 0) is 4.79 Å². The zero-order chi connectivity index (χ0) is 14.7. The highest BCUT2D eigenvalue weighted by Crippen LogP contribution is 2.42. The standard InChI is InChI=1S/C18H32N2O/c1-18(8-10-19-11-9-18)13-20-17(21)16-7-6-14-4-2-3-5-15(14)12-16/h14-16,19H,2-13H2,1H3,(H,20,21). The first-order valence-corrected chi connectivity index (χ1v) is 9.15. The monoisotopic (exact) mass is 292 g/mol. The van der Waals surface area contributed by atoms with E-state index in [0.29, 0.717) is 17.2 Å². The average Bonchev–Trinajstić information content (AvgIpc) is 2.53. The second-order valence-electron chi connectivity index (χ2n) is 8.09. The van der Waals surface area contributed by atoms with Crippen molar-refractivity contribution < 1.29 is 4.79 Å². The fourth-order valence-electron chi connectivity index (χ4n) is 4.76. The number of carbonyl (C=O) groups is 1. The van der Waals surface area contributed by atoms with Crippen LogP contribution in [0.2, 0.25) is 0 Å². The van der Waals surface area contributed by atoms with Crippen LogP contribution < -0.4 is 10.6 Å². The molecule has 0 spiro atoms. The molecule has 3 atom stereocenters. The summed E-state index contributed by atoms with van der Waals surface area (Å²) in [6, 6.07) is 0. The van der Waals surface area contributed by atoms with Crippen molar-refractivity contribution >= 4 is 5.91 Å². The molecule has 0 bridgehead atoms. The van der Waals surface area contributed by atoms with Gasteiger partial charge in [-0.2, -0.15) is 0 Å². The summed E-state index contributed by atoms with van der Waals surface area (Å²) in [4.78, 5) is 12.5. The van der Waals surface area contributed by atoms with Gasteiger partial charge in [-0.3, -0.25) is 4.79 Å². The van der Waals surface area contributed by atoms with E-state index in [-0.39, 0.29) is 0 Å². The molecular formula is C18H32N2O. The largest absolute Gasteiger partial charge is 0.355 e. The lowest BCUT2D eigenvalue weighted by Gasteiger charge is -2.39. The maximum absolute atomic E-state index is 12.5. The van der Waals surface area contributed by atoms with Gasteiger partial charge in [-0.1, -0.05) is 32.6 Å². The summed E-state index contributed by atoms with van der Waals surface area (Å²) in [6.07, 6.45) is 11.6. The molecule has 2 saturated carbocycles. The summed E-state index contributed by atoms with van der Waals surface area (Å²) in [7, 11) is 0. The zero-order valence-electron chi connectivity index (χ0n) is 13.6. The maximum Gasteiger partial charge on any atom is 0.223 e. The summed E-state index contributed by atoms with van der Waals surface area (Å²) in [5.41, 5.74) is 0.308.